The van der Waals surface area contributed by atoms with E-state index in [-0.39, 0.29) is 30.0 Å². The Kier molecular flexibility index (Phi) is 10.6. The molecule has 4 aromatic rings. The van der Waals surface area contributed by atoms with E-state index in [2.05, 4.69) is 15.0 Å². The molecule has 0 fully saturated rings. The molecule has 3 aromatic carbocycles. The van der Waals surface area contributed by atoms with Crippen LogP contribution in [0.1, 0.15) is 52.2 Å². The molecule has 11 heteroatoms. The molecule has 0 aliphatic rings. The van der Waals surface area contributed by atoms with Crippen LogP contribution < -0.4 is 10.0 Å². The summed E-state index contributed by atoms with van der Waals surface area (Å²) in [4.78, 5) is 29.6. The fraction of sp³-hybridized carbons (Fsp3) is 0.303. The monoisotopic (exact) mass is 635 g/mol. The number of ether oxygens (including phenoxy) is 2. The van der Waals surface area contributed by atoms with E-state index in [1.165, 1.54) is 11.3 Å². The highest BCUT2D eigenvalue weighted by atomic mass is 32.2. The lowest BCUT2D eigenvalue weighted by Crippen LogP contribution is -2.40. The second-order valence-electron chi connectivity index (χ2n) is 11.5. The van der Waals surface area contributed by atoms with Gasteiger partial charge in [0, 0.05) is 35.0 Å². The van der Waals surface area contributed by atoms with Crippen molar-refractivity contribution in [2.75, 3.05) is 5.32 Å². The Morgan fingerprint density at radius 1 is 0.955 bits per heavy atom. The van der Waals surface area contributed by atoms with Gasteiger partial charge in [0.1, 0.15) is 11.6 Å². The number of nitrogens with one attached hydrogen (secondary N) is 2. The molecule has 0 atom stereocenters. The number of benzene rings is 3. The lowest BCUT2D eigenvalue weighted by atomic mass is 10.1. The number of rotatable bonds is 11. The van der Waals surface area contributed by atoms with Crippen molar-refractivity contribution in [1.82, 2.24) is 9.71 Å². The molecule has 1 amide bonds. The second kappa shape index (κ2) is 14.1. The average molecular weight is 636 g/mol. The van der Waals surface area contributed by atoms with Crippen molar-refractivity contribution < 1.29 is 27.5 Å². The molecular weight excluding hydrogens is 599 g/mol. The first-order valence-corrected chi connectivity index (χ1v) is 16.5. The molecule has 0 saturated heterocycles. The van der Waals surface area contributed by atoms with Crippen molar-refractivity contribution in [2.24, 2.45) is 0 Å². The topological polar surface area (TPSA) is 124 Å². The average Bonchev–Trinajstić information content (AvgIpc) is 3.44. The van der Waals surface area contributed by atoms with Gasteiger partial charge in [0.25, 0.3) is 0 Å². The molecule has 0 spiro atoms. The zero-order valence-corrected chi connectivity index (χ0v) is 27.1. The number of aryl methyl sites for hydroxylation is 1. The maximum Gasteiger partial charge on any atom is 0.411 e. The smallest absolute Gasteiger partial charge is 0.411 e. The van der Waals surface area contributed by atoms with Crippen LogP contribution in [0.25, 0.3) is 21.0 Å². The molecule has 0 unspecified atom stereocenters. The van der Waals surface area contributed by atoms with Crippen molar-refractivity contribution in [3.63, 3.8) is 0 Å². The fourth-order valence-corrected chi connectivity index (χ4v) is 6.97. The molecule has 2 N–H and O–H groups in total. The van der Waals surface area contributed by atoms with Gasteiger partial charge < -0.3 is 9.47 Å². The third-order valence-corrected chi connectivity index (χ3v) is 9.01. The molecule has 0 aliphatic heterocycles. The summed E-state index contributed by atoms with van der Waals surface area (Å²) < 4.78 is 40.4. The minimum absolute atomic E-state index is 0.112. The largest absolute Gasteiger partial charge is 0.461 e. The molecule has 9 nitrogen and oxygen atoms in total. The Bertz CT molecular complexity index is 1690. The first kappa shape index (κ1) is 32.8. The predicted octanol–water partition coefficient (Wildman–Crippen LogP) is 7.19. The van der Waals surface area contributed by atoms with E-state index < -0.39 is 21.7 Å². The normalized spacial score (nSPS) is 11.8. The van der Waals surface area contributed by atoms with Gasteiger partial charge >= 0.3 is 12.1 Å². The van der Waals surface area contributed by atoms with Gasteiger partial charge in [-0.2, -0.15) is 0 Å². The first-order valence-electron chi connectivity index (χ1n) is 14.2. The number of anilines is 1. The highest BCUT2D eigenvalue weighted by molar-refractivity contribution is 7.89. The van der Waals surface area contributed by atoms with Crippen molar-refractivity contribution in [3.05, 3.63) is 90.1 Å². The Morgan fingerprint density at radius 2 is 1.66 bits per heavy atom. The van der Waals surface area contributed by atoms with Gasteiger partial charge in [0.15, 0.2) is 0 Å². The number of carbonyl (C=O) groups is 2. The Morgan fingerprint density at radius 3 is 2.32 bits per heavy atom. The van der Waals surface area contributed by atoms with Crippen molar-refractivity contribution in [3.8, 4) is 21.0 Å². The number of hydrogen-bond donors (Lipinski definition) is 2. The molecule has 0 bridgehead atoms. The molecule has 1 aromatic heterocycles. The number of nitrogens with zero attached hydrogens (tertiary/aromatic N) is 1. The molecule has 0 aliphatic carbocycles. The van der Waals surface area contributed by atoms with E-state index in [0.29, 0.717) is 33.1 Å². The van der Waals surface area contributed by atoms with Gasteiger partial charge in [0.2, 0.25) is 10.0 Å². The van der Waals surface area contributed by atoms with Crippen LogP contribution >= 0.6 is 11.3 Å². The summed E-state index contributed by atoms with van der Waals surface area (Å²) in [5.41, 5.74) is 2.79. The lowest BCUT2D eigenvalue weighted by molar-refractivity contribution is -0.144. The Hall–Kier alpha value is -4.06. The minimum Gasteiger partial charge on any atom is -0.461 e. The van der Waals surface area contributed by atoms with Gasteiger partial charge in [0.05, 0.1) is 15.9 Å². The van der Waals surface area contributed by atoms with Crippen LogP contribution in [0.2, 0.25) is 0 Å². The van der Waals surface area contributed by atoms with E-state index in [1.54, 1.807) is 65.1 Å². The third kappa shape index (κ3) is 9.47. The second-order valence-corrected chi connectivity index (χ2v) is 14.2. The standard InChI is InChI=1S/C33H37N3O6S2/c1-22(2)42-32(38)35-26-15-13-25(14-16-26)31-34-20-28(43-31)27-17-11-23(19-29(27)44(39,40)36-33(3,4)5)12-18-30(37)41-21-24-9-7-6-8-10-24/h6-11,13-17,19-20,22,36H,12,18,21H2,1-5H3,(H,35,38). The Labute approximate surface area is 262 Å². The molecular formula is C33H37N3O6S2. The molecule has 0 radical (unpaired) electrons. The SMILES string of the molecule is CC(C)OC(=O)Nc1ccc(-c2ncc(-c3ccc(CCC(=O)OCc4ccccc4)cc3S(=O)(=O)NC(C)(C)C)s2)cc1. The Balaban J connectivity index is 1.54. The highest BCUT2D eigenvalue weighted by Crippen LogP contribution is 2.36. The fourth-order valence-electron chi connectivity index (χ4n) is 4.25. The van der Waals surface area contributed by atoms with Crippen molar-refractivity contribution in [2.45, 2.75) is 70.6 Å². The minimum atomic E-state index is -3.92. The van der Waals surface area contributed by atoms with Crippen molar-refractivity contribution >= 4 is 39.1 Å². The van der Waals surface area contributed by atoms with Crippen LogP contribution in [0, 0.1) is 0 Å². The molecule has 1 heterocycles. The number of hydrogen-bond acceptors (Lipinski definition) is 8. The summed E-state index contributed by atoms with van der Waals surface area (Å²) in [5, 5.41) is 3.37. The maximum absolute atomic E-state index is 13.6. The molecule has 4 rings (SSSR count). The summed E-state index contributed by atoms with van der Waals surface area (Å²) in [6.45, 7) is 9.08. The van der Waals surface area contributed by atoms with Crippen LogP contribution in [0.3, 0.4) is 0 Å². The summed E-state index contributed by atoms with van der Waals surface area (Å²) in [7, 11) is -3.92. The van der Waals surface area contributed by atoms with E-state index in [0.717, 1.165) is 11.1 Å². The third-order valence-electron chi connectivity index (χ3n) is 6.13. The van der Waals surface area contributed by atoms with Crippen LogP contribution in [-0.4, -0.2) is 37.1 Å². The number of thiazole rings is 1. The van der Waals surface area contributed by atoms with E-state index >= 15 is 0 Å². The zero-order chi connectivity index (χ0) is 31.9. The van der Waals surface area contributed by atoms with Crippen LogP contribution in [0.15, 0.2) is 83.9 Å². The predicted molar refractivity (Wildman–Crippen MR) is 173 cm³/mol. The number of esters is 1. The zero-order valence-electron chi connectivity index (χ0n) is 25.4. The summed E-state index contributed by atoms with van der Waals surface area (Å²) >= 11 is 1.35. The number of carbonyl (C=O) groups excluding carboxylic acids is 2. The summed E-state index contributed by atoms with van der Waals surface area (Å²) in [5.74, 6) is -0.361. The van der Waals surface area contributed by atoms with Crippen LogP contribution in [-0.2, 0) is 37.3 Å². The van der Waals surface area contributed by atoms with Gasteiger partial charge in [-0.15, -0.1) is 11.3 Å². The van der Waals surface area contributed by atoms with E-state index in [9.17, 15) is 18.0 Å². The van der Waals surface area contributed by atoms with Crippen LogP contribution in [0.4, 0.5) is 10.5 Å². The van der Waals surface area contributed by atoms with Gasteiger partial charge in [-0.1, -0.05) is 42.5 Å². The van der Waals surface area contributed by atoms with E-state index in [1.807, 2.05) is 48.5 Å². The van der Waals surface area contributed by atoms with Crippen molar-refractivity contribution in [1.29, 1.82) is 0 Å². The van der Waals surface area contributed by atoms with Gasteiger partial charge in [-0.05, 0) is 82.5 Å². The van der Waals surface area contributed by atoms with Gasteiger partial charge in [-0.25, -0.2) is 22.9 Å². The molecule has 44 heavy (non-hydrogen) atoms. The maximum atomic E-state index is 13.6. The van der Waals surface area contributed by atoms with Gasteiger partial charge in [-0.3, -0.25) is 10.1 Å². The van der Waals surface area contributed by atoms with Crippen LogP contribution in [0.5, 0.6) is 0 Å². The lowest BCUT2D eigenvalue weighted by Gasteiger charge is -2.22. The molecule has 232 valence electrons. The highest BCUT2D eigenvalue weighted by Gasteiger charge is 2.26. The summed E-state index contributed by atoms with van der Waals surface area (Å²) in [6.07, 6.45) is 1.33. The quantitative estimate of drug-likeness (QED) is 0.167. The van der Waals surface area contributed by atoms with E-state index in [4.69, 9.17) is 9.47 Å². The summed E-state index contributed by atoms with van der Waals surface area (Å²) in [6, 6.07) is 21.8. The molecule has 0 saturated carbocycles. The number of amides is 1. The first-order chi connectivity index (χ1) is 20.8. The number of sulfonamides is 1. The number of aromatic nitrogens is 1.